The second kappa shape index (κ2) is 5.36. The van der Waals surface area contributed by atoms with Gasteiger partial charge < -0.3 is 5.32 Å². The first kappa shape index (κ1) is 12.3. The number of rotatable bonds is 5. The molecule has 0 aliphatic carbocycles. The highest BCUT2D eigenvalue weighted by atomic mass is 35.5. The van der Waals surface area contributed by atoms with Gasteiger partial charge in [0.05, 0.1) is 4.34 Å². The highest BCUT2D eigenvalue weighted by Crippen LogP contribution is 2.22. The molecule has 0 radical (unpaired) electrons. The van der Waals surface area contributed by atoms with Crippen molar-refractivity contribution in [3.8, 4) is 0 Å². The smallest absolute Gasteiger partial charge is 0.0931 e. The van der Waals surface area contributed by atoms with Crippen LogP contribution in [0.4, 0.5) is 0 Å². The van der Waals surface area contributed by atoms with E-state index in [2.05, 4.69) is 25.2 Å². The van der Waals surface area contributed by atoms with Gasteiger partial charge in [-0.2, -0.15) is 0 Å². The van der Waals surface area contributed by atoms with E-state index in [4.69, 9.17) is 23.2 Å². The molecular weight excluding hydrogens is 237 g/mol. The number of hydrogen-bond acceptors (Lipinski definition) is 2. The fraction of sp³-hybridized carbons (Fsp3) is 0.600. The molecule has 0 spiro atoms. The van der Waals surface area contributed by atoms with Gasteiger partial charge in [-0.25, -0.2) is 0 Å². The quantitative estimate of drug-likeness (QED) is 0.784. The maximum atomic E-state index is 5.84. The van der Waals surface area contributed by atoms with E-state index in [0.717, 1.165) is 17.3 Å². The number of thiophene rings is 1. The van der Waals surface area contributed by atoms with Crippen LogP contribution in [0.5, 0.6) is 0 Å². The Morgan fingerprint density at radius 2 is 2.14 bits per heavy atom. The third-order valence-corrected chi connectivity index (χ3v) is 3.51. The molecule has 1 N–H and O–H groups in total. The van der Waals surface area contributed by atoms with E-state index in [1.165, 1.54) is 4.88 Å². The van der Waals surface area contributed by atoms with Gasteiger partial charge in [-0.1, -0.05) is 11.6 Å². The predicted molar refractivity (Wildman–Crippen MR) is 65.6 cm³/mol. The molecule has 0 atom stereocenters. The van der Waals surface area contributed by atoms with Crippen molar-refractivity contribution in [3.05, 3.63) is 21.3 Å². The third kappa shape index (κ3) is 4.18. The van der Waals surface area contributed by atoms with Crippen molar-refractivity contribution in [2.24, 2.45) is 0 Å². The maximum absolute atomic E-state index is 5.84. The Labute approximate surface area is 99.4 Å². The van der Waals surface area contributed by atoms with Crippen molar-refractivity contribution in [2.45, 2.75) is 32.4 Å². The van der Waals surface area contributed by atoms with E-state index < -0.39 is 0 Å². The van der Waals surface area contributed by atoms with Crippen LogP contribution < -0.4 is 5.32 Å². The minimum Gasteiger partial charge on any atom is -0.307 e. The Hall–Kier alpha value is 0.240. The summed E-state index contributed by atoms with van der Waals surface area (Å²) in [6.45, 7) is 5.18. The average Bonchev–Trinajstić information content (AvgIpc) is 2.48. The molecule has 0 bridgehead atoms. The molecule has 1 aromatic rings. The van der Waals surface area contributed by atoms with Gasteiger partial charge >= 0.3 is 0 Å². The molecule has 1 nitrogen and oxygen atoms in total. The standard InChI is InChI=1S/C10H15Cl2NS/c1-10(2,5-6-11)13-7-8-3-4-9(12)14-8/h3-4,13H,5-7H2,1-2H3. The summed E-state index contributed by atoms with van der Waals surface area (Å²) in [5, 5.41) is 3.46. The Kier molecular flexibility index (Phi) is 4.71. The van der Waals surface area contributed by atoms with Crippen molar-refractivity contribution < 1.29 is 0 Å². The summed E-state index contributed by atoms with van der Waals surface area (Å²) in [7, 11) is 0. The Bertz CT molecular complexity index is 283. The van der Waals surface area contributed by atoms with E-state index in [1.54, 1.807) is 11.3 Å². The zero-order valence-electron chi connectivity index (χ0n) is 8.44. The van der Waals surface area contributed by atoms with Crippen LogP contribution in [0, 0.1) is 0 Å². The molecule has 0 aliphatic heterocycles. The van der Waals surface area contributed by atoms with Gasteiger partial charge in [0.25, 0.3) is 0 Å². The van der Waals surface area contributed by atoms with Crippen molar-refractivity contribution in [2.75, 3.05) is 5.88 Å². The van der Waals surface area contributed by atoms with Crippen LogP contribution >= 0.6 is 34.5 Å². The number of nitrogens with one attached hydrogen (secondary N) is 1. The van der Waals surface area contributed by atoms with Crippen LogP contribution in [0.1, 0.15) is 25.1 Å². The largest absolute Gasteiger partial charge is 0.307 e. The first-order valence-corrected chi connectivity index (χ1v) is 6.31. The van der Waals surface area contributed by atoms with E-state index in [1.807, 2.05) is 6.07 Å². The third-order valence-electron chi connectivity index (χ3n) is 2.09. The van der Waals surface area contributed by atoms with Crippen LogP contribution in [-0.2, 0) is 6.54 Å². The van der Waals surface area contributed by atoms with Crippen molar-refractivity contribution in [1.82, 2.24) is 5.32 Å². The lowest BCUT2D eigenvalue weighted by Crippen LogP contribution is -2.38. The molecular formula is C10H15Cl2NS. The first-order chi connectivity index (χ1) is 6.53. The number of halogens is 2. The lowest BCUT2D eigenvalue weighted by atomic mass is 10.0. The molecule has 0 fully saturated rings. The minimum absolute atomic E-state index is 0.0955. The van der Waals surface area contributed by atoms with Crippen LogP contribution in [0.2, 0.25) is 4.34 Å². The molecule has 0 amide bonds. The summed E-state index contributed by atoms with van der Waals surface area (Å²) < 4.78 is 0.844. The summed E-state index contributed by atoms with van der Waals surface area (Å²) >= 11 is 13.2. The Balaban J connectivity index is 2.40. The molecule has 0 saturated carbocycles. The van der Waals surface area contributed by atoms with Gasteiger partial charge in [0.15, 0.2) is 0 Å². The van der Waals surface area contributed by atoms with Gasteiger partial charge in [0.2, 0.25) is 0 Å². The van der Waals surface area contributed by atoms with Gasteiger partial charge in [-0.05, 0) is 32.4 Å². The lowest BCUT2D eigenvalue weighted by molar-refractivity contribution is 0.378. The van der Waals surface area contributed by atoms with Crippen LogP contribution in [0.3, 0.4) is 0 Å². The second-order valence-electron chi connectivity index (χ2n) is 3.88. The molecule has 1 aromatic heterocycles. The number of hydrogen-bond donors (Lipinski definition) is 1. The molecule has 0 aliphatic rings. The van der Waals surface area contributed by atoms with E-state index in [0.29, 0.717) is 5.88 Å². The molecule has 0 saturated heterocycles. The molecule has 1 heterocycles. The normalized spacial score (nSPS) is 12.0. The van der Waals surface area contributed by atoms with Crippen LogP contribution in [0.15, 0.2) is 12.1 Å². The zero-order chi connectivity index (χ0) is 10.6. The highest BCUT2D eigenvalue weighted by molar-refractivity contribution is 7.16. The Morgan fingerprint density at radius 1 is 1.43 bits per heavy atom. The topological polar surface area (TPSA) is 12.0 Å². The molecule has 0 unspecified atom stereocenters. The SMILES string of the molecule is CC(C)(CCCl)NCc1ccc(Cl)s1. The van der Waals surface area contributed by atoms with Crippen molar-refractivity contribution >= 4 is 34.5 Å². The van der Waals surface area contributed by atoms with Gasteiger partial charge in [0, 0.05) is 22.8 Å². The Morgan fingerprint density at radius 3 is 2.64 bits per heavy atom. The first-order valence-electron chi connectivity index (χ1n) is 4.59. The van der Waals surface area contributed by atoms with E-state index in [9.17, 15) is 0 Å². The summed E-state index contributed by atoms with van der Waals surface area (Å²) in [6.07, 6.45) is 0.966. The van der Waals surface area contributed by atoms with Crippen molar-refractivity contribution in [3.63, 3.8) is 0 Å². The van der Waals surface area contributed by atoms with E-state index >= 15 is 0 Å². The average molecular weight is 252 g/mol. The highest BCUT2D eigenvalue weighted by Gasteiger charge is 2.15. The lowest BCUT2D eigenvalue weighted by Gasteiger charge is -2.25. The maximum Gasteiger partial charge on any atom is 0.0931 e. The summed E-state index contributed by atoms with van der Waals surface area (Å²) in [4.78, 5) is 1.26. The zero-order valence-corrected chi connectivity index (χ0v) is 10.8. The van der Waals surface area contributed by atoms with Crippen LogP contribution in [0.25, 0.3) is 0 Å². The minimum atomic E-state index is 0.0955. The second-order valence-corrected chi connectivity index (χ2v) is 6.06. The van der Waals surface area contributed by atoms with Gasteiger partial charge in [0.1, 0.15) is 0 Å². The summed E-state index contributed by atoms with van der Waals surface area (Å²) in [5.41, 5.74) is 0.0955. The molecule has 4 heteroatoms. The predicted octanol–water partition coefficient (Wildman–Crippen LogP) is 3.90. The summed E-state index contributed by atoms with van der Waals surface area (Å²) in [5.74, 6) is 0.686. The fourth-order valence-electron chi connectivity index (χ4n) is 1.10. The summed E-state index contributed by atoms with van der Waals surface area (Å²) in [6, 6.07) is 3.98. The molecule has 80 valence electrons. The fourth-order valence-corrected chi connectivity index (χ4v) is 2.60. The van der Waals surface area contributed by atoms with Gasteiger partial charge in [-0.15, -0.1) is 22.9 Å². The van der Waals surface area contributed by atoms with E-state index in [-0.39, 0.29) is 5.54 Å². The van der Waals surface area contributed by atoms with Gasteiger partial charge in [-0.3, -0.25) is 0 Å². The molecule has 14 heavy (non-hydrogen) atoms. The number of alkyl halides is 1. The molecule has 1 rings (SSSR count). The van der Waals surface area contributed by atoms with Crippen LogP contribution in [-0.4, -0.2) is 11.4 Å². The monoisotopic (exact) mass is 251 g/mol. The van der Waals surface area contributed by atoms with Crippen molar-refractivity contribution in [1.29, 1.82) is 0 Å². The molecule has 0 aromatic carbocycles.